The average molecular weight is 519 g/mol. The molecule has 2 aromatic heterocycles. The quantitative estimate of drug-likeness (QED) is 0.252. The molecule has 1 unspecified atom stereocenters. The molecule has 1 atom stereocenters. The zero-order chi connectivity index (χ0) is 25.8. The second-order valence-electron chi connectivity index (χ2n) is 8.46. The number of esters is 1. The minimum atomic E-state index is -0.923. The van der Waals surface area contributed by atoms with Gasteiger partial charge < -0.3 is 9.47 Å². The Hall–Kier alpha value is -3.78. The van der Waals surface area contributed by atoms with Crippen molar-refractivity contribution >= 4 is 40.8 Å². The largest absolute Gasteiger partial charge is 0.487 e. The molecule has 0 saturated heterocycles. The zero-order valence-electron chi connectivity index (χ0n) is 20.1. The number of carbonyl (C=O) groups is 1. The van der Waals surface area contributed by atoms with E-state index in [0.29, 0.717) is 42.0 Å². The van der Waals surface area contributed by atoms with Gasteiger partial charge in [0.2, 0.25) is 0 Å². The van der Waals surface area contributed by atoms with Gasteiger partial charge in [-0.15, -0.1) is 11.8 Å². The summed E-state index contributed by atoms with van der Waals surface area (Å²) in [5, 5.41) is 0.467. The highest BCUT2D eigenvalue weighted by molar-refractivity contribution is 7.99. The molecule has 4 aromatic rings. The van der Waals surface area contributed by atoms with E-state index in [9.17, 15) is 13.6 Å². The number of nitrogens with zero attached hydrogens (tertiary/aromatic N) is 2. The number of halogens is 2. The Bertz CT molecular complexity index is 1490. The molecule has 0 aliphatic carbocycles. The molecule has 0 fully saturated rings. The first kappa shape index (κ1) is 24.9. The molecule has 0 N–H and O–H groups in total. The molecule has 8 heteroatoms. The summed E-state index contributed by atoms with van der Waals surface area (Å²) < 4.78 is 38.3. The van der Waals surface area contributed by atoms with Gasteiger partial charge >= 0.3 is 5.97 Å². The second kappa shape index (κ2) is 11.1. The smallest absolute Gasteiger partial charge is 0.306 e. The fourth-order valence-corrected chi connectivity index (χ4v) is 5.49. The molecule has 2 aromatic carbocycles. The molecule has 0 amide bonds. The Kier molecular flexibility index (Phi) is 7.46. The van der Waals surface area contributed by atoms with E-state index < -0.39 is 11.6 Å². The average Bonchev–Trinajstić information content (AvgIpc) is 3.05. The first-order chi connectivity index (χ1) is 18.0. The number of hydrogen-bond acceptors (Lipinski definition) is 6. The van der Waals surface area contributed by atoms with E-state index >= 15 is 0 Å². The number of aromatic nitrogens is 2. The van der Waals surface area contributed by atoms with Gasteiger partial charge in [0.15, 0.2) is 11.6 Å². The fourth-order valence-electron chi connectivity index (χ4n) is 4.21. The SMILES string of the molecule is CCOC(=O)CCSC1c2cc(/C=C/c3ccc4cc(F)c(F)cc4n3)ccc2OCc2ncccc21. The molecular formula is C29H24F2N2O3S. The molecule has 0 spiro atoms. The van der Waals surface area contributed by atoms with Crippen molar-refractivity contribution in [1.82, 2.24) is 9.97 Å². The van der Waals surface area contributed by atoms with Gasteiger partial charge in [0, 0.05) is 29.0 Å². The standard InChI is InChI=1S/C29H24F2N2O3S/c1-2-35-28(34)11-13-37-29-21-4-3-12-32-26(21)17-36-27-10-6-18(14-22(27)29)5-8-20-9-7-19-15-23(30)24(31)16-25(19)33-20/h3-10,12,14-16,29H,2,11,13,17H2,1H3/b8-5+. The lowest BCUT2D eigenvalue weighted by atomic mass is 10.0. The van der Waals surface area contributed by atoms with Crippen molar-refractivity contribution in [2.24, 2.45) is 0 Å². The van der Waals surface area contributed by atoms with Crippen LogP contribution in [0.1, 0.15) is 46.7 Å². The van der Waals surface area contributed by atoms with Crippen LogP contribution in [0.15, 0.2) is 60.8 Å². The van der Waals surface area contributed by atoms with E-state index in [0.717, 1.165) is 40.3 Å². The highest BCUT2D eigenvalue weighted by Gasteiger charge is 2.26. The van der Waals surface area contributed by atoms with E-state index in [4.69, 9.17) is 9.47 Å². The lowest BCUT2D eigenvalue weighted by Crippen LogP contribution is -2.07. The summed E-state index contributed by atoms with van der Waals surface area (Å²) in [5.41, 5.74) is 4.86. The first-order valence-electron chi connectivity index (χ1n) is 11.9. The lowest BCUT2D eigenvalue weighted by molar-refractivity contribution is -0.142. The Morgan fingerprint density at radius 2 is 1.97 bits per heavy atom. The minimum Gasteiger partial charge on any atom is -0.487 e. The van der Waals surface area contributed by atoms with Gasteiger partial charge in [-0.3, -0.25) is 9.78 Å². The highest BCUT2D eigenvalue weighted by atomic mass is 32.2. The summed E-state index contributed by atoms with van der Waals surface area (Å²) in [6, 6.07) is 15.6. The first-order valence-corrected chi connectivity index (χ1v) is 13.0. The molecular weight excluding hydrogens is 494 g/mol. The van der Waals surface area contributed by atoms with Crippen LogP contribution in [-0.4, -0.2) is 28.3 Å². The Labute approximate surface area is 217 Å². The number of benzene rings is 2. The van der Waals surface area contributed by atoms with Crippen LogP contribution in [0.3, 0.4) is 0 Å². The summed E-state index contributed by atoms with van der Waals surface area (Å²) >= 11 is 1.65. The maximum absolute atomic E-state index is 13.7. The van der Waals surface area contributed by atoms with Gasteiger partial charge in [0.1, 0.15) is 12.4 Å². The van der Waals surface area contributed by atoms with Crippen LogP contribution in [-0.2, 0) is 16.1 Å². The van der Waals surface area contributed by atoms with E-state index in [2.05, 4.69) is 16.0 Å². The summed E-state index contributed by atoms with van der Waals surface area (Å²) in [6.07, 6.45) is 5.82. The van der Waals surface area contributed by atoms with Crippen molar-refractivity contribution in [3.05, 3.63) is 101 Å². The number of thioether (sulfide) groups is 1. The number of pyridine rings is 2. The van der Waals surface area contributed by atoms with Crippen LogP contribution in [0.2, 0.25) is 0 Å². The Morgan fingerprint density at radius 3 is 2.84 bits per heavy atom. The van der Waals surface area contributed by atoms with E-state index in [1.54, 1.807) is 37.0 Å². The third-order valence-corrected chi connectivity index (χ3v) is 7.27. The van der Waals surface area contributed by atoms with Crippen molar-refractivity contribution in [2.45, 2.75) is 25.2 Å². The zero-order valence-corrected chi connectivity index (χ0v) is 20.9. The van der Waals surface area contributed by atoms with Crippen LogP contribution in [0.25, 0.3) is 23.1 Å². The third kappa shape index (κ3) is 5.64. The van der Waals surface area contributed by atoms with Crippen molar-refractivity contribution < 1.29 is 23.0 Å². The lowest BCUT2D eigenvalue weighted by Gasteiger charge is -2.18. The molecule has 0 radical (unpaired) electrons. The molecule has 0 saturated carbocycles. The number of hydrogen-bond donors (Lipinski definition) is 0. The third-order valence-electron chi connectivity index (χ3n) is 5.98. The van der Waals surface area contributed by atoms with Crippen LogP contribution < -0.4 is 4.74 Å². The molecule has 5 nitrogen and oxygen atoms in total. The predicted octanol–water partition coefficient (Wildman–Crippen LogP) is 6.75. The summed E-state index contributed by atoms with van der Waals surface area (Å²) in [6.45, 7) is 2.53. The maximum atomic E-state index is 13.7. The molecule has 188 valence electrons. The van der Waals surface area contributed by atoms with Crippen molar-refractivity contribution in [3.63, 3.8) is 0 Å². The topological polar surface area (TPSA) is 61.3 Å². The van der Waals surface area contributed by atoms with E-state index in [-0.39, 0.29) is 11.2 Å². The van der Waals surface area contributed by atoms with Gasteiger partial charge in [-0.05, 0) is 54.5 Å². The van der Waals surface area contributed by atoms with Gasteiger partial charge in [-0.25, -0.2) is 13.8 Å². The Morgan fingerprint density at radius 1 is 1.11 bits per heavy atom. The van der Waals surface area contributed by atoms with E-state index in [1.807, 2.05) is 36.4 Å². The van der Waals surface area contributed by atoms with Crippen molar-refractivity contribution in [3.8, 4) is 5.75 Å². The summed E-state index contributed by atoms with van der Waals surface area (Å²) in [4.78, 5) is 20.9. The van der Waals surface area contributed by atoms with E-state index in [1.165, 1.54) is 0 Å². The molecule has 37 heavy (non-hydrogen) atoms. The van der Waals surface area contributed by atoms with Gasteiger partial charge in [-0.2, -0.15) is 0 Å². The monoisotopic (exact) mass is 518 g/mol. The van der Waals surface area contributed by atoms with Crippen LogP contribution in [0, 0.1) is 11.6 Å². The summed E-state index contributed by atoms with van der Waals surface area (Å²) in [7, 11) is 0. The van der Waals surface area contributed by atoms with Crippen LogP contribution in [0.5, 0.6) is 5.75 Å². The Balaban J connectivity index is 1.44. The van der Waals surface area contributed by atoms with Crippen LogP contribution in [0.4, 0.5) is 8.78 Å². The number of ether oxygens (including phenoxy) is 2. The minimum absolute atomic E-state index is 0.0688. The number of carbonyl (C=O) groups excluding carboxylic acids is 1. The molecule has 0 bridgehead atoms. The van der Waals surface area contributed by atoms with Crippen LogP contribution >= 0.6 is 11.8 Å². The second-order valence-corrected chi connectivity index (χ2v) is 9.67. The highest BCUT2D eigenvalue weighted by Crippen LogP contribution is 2.44. The predicted molar refractivity (Wildman–Crippen MR) is 141 cm³/mol. The molecule has 5 rings (SSSR count). The maximum Gasteiger partial charge on any atom is 0.306 e. The molecule has 1 aliphatic heterocycles. The number of fused-ring (bicyclic) bond motifs is 3. The van der Waals surface area contributed by atoms with Crippen molar-refractivity contribution in [1.29, 1.82) is 0 Å². The molecule has 1 aliphatic rings. The van der Waals surface area contributed by atoms with Gasteiger partial charge in [-0.1, -0.05) is 24.3 Å². The van der Waals surface area contributed by atoms with Gasteiger partial charge in [0.25, 0.3) is 0 Å². The fraction of sp³-hybridized carbons (Fsp3) is 0.207. The summed E-state index contributed by atoms with van der Waals surface area (Å²) in [5.74, 6) is -0.668. The number of rotatable bonds is 7. The van der Waals surface area contributed by atoms with Gasteiger partial charge in [0.05, 0.1) is 35.2 Å². The normalized spacial score (nSPS) is 14.6. The van der Waals surface area contributed by atoms with Crippen molar-refractivity contribution in [2.75, 3.05) is 12.4 Å². The molecule has 3 heterocycles.